The number of allylic oxidation sites excluding steroid dienone is 4. The van der Waals surface area contributed by atoms with Gasteiger partial charge >= 0.3 is 6.18 Å². The summed E-state index contributed by atoms with van der Waals surface area (Å²) in [5.74, 6) is 3.12. The second kappa shape index (κ2) is 14.4. The third-order valence-corrected chi connectivity index (χ3v) is 11.4. The lowest BCUT2D eigenvalue weighted by molar-refractivity contribution is -0.137. The Morgan fingerprint density at radius 3 is 2.40 bits per heavy atom. The van der Waals surface area contributed by atoms with E-state index in [0.717, 1.165) is 42.9 Å². The Morgan fingerprint density at radius 1 is 1.12 bits per heavy atom. The summed E-state index contributed by atoms with van der Waals surface area (Å²) in [4.78, 5) is 1.73. The van der Waals surface area contributed by atoms with Crippen molar-refractivity contribution in [1.29, 1.82) is 5.41 Å². The lowest BCUT2D eigenvalue weighted by Gasteiger charge is -2.61. The van der Waals surface area contributed by atoms with Crippen LogP contribution in [0.3, 0.4) is 0 Å². The highest BCUT2D eigenvalue weighted by molar-refractivity contribution is 5.81. The fourth-order valence-electron chi connectivity index (χ4n) is 9.19. The Balaban J connectivity index is 0.000000224. The van der Waals surface area contributed by atoms with Crippen LogP contribution in [0, 0.1) is 39.9 Å². The molecule has 238 valence electrons. The van der Waals surface area contributed by atoms with Crippen LogP contribution in [-0.2, 0) is 0 Å². The van der Waals surface area contributed by atoms with Gasteiger partial charge < -0.3 is 15.6 Å². The first-order chi connectivity index (χ1) is 19.6. The van der Waals surface area contributed by atoms with Crippen molar-refractivity contribution in [2.45, 2.75) is 111 Å². The average Bonchev–Trinajstić information content (AvgIpc) is 3.54. The van der Waals surface area contributed by atoms with E-state index in [0.29, 0.717) is 29.3 Å². The molecule has 5 rings (SSSR count). The predicted molar refractivity (Wildman–Crippen MR) is 172 cm³/mol. The van der Waals surface area contributed by atoms with Gasteiger partial charge in [-0.05, 0) is 126 Å². The number of halogens is 3. The Hall–Kier alpha value is -1.66. The second-order valence-corrected chi connectivity index (χ2v) is 14.4. The molecule has 0 aromatic rings. The topological polar surface area (TPSA) is 39.1 Å². The quantitative estimate of drug-likeness (QED) is 0.239. The lowest BCUT2D eigenvalue weighted by Crippen LogP contribution is -2.53. The van der Waals surface area contributed by atoms with Crippen LogP contribution in [0.4, 0.5) is 13.2 Å². The van der Waals surface area contributed by atoms with Crippen molar-refractivity contribution in [3.05, 3.63) is 48.6 Å². The van der Waals surface area contributed by atoms with Crippen molar-refractivity contribution in [3.63, 3.8) is 0 Å². The van der Waals surface area contributed by atoms with Crippen molar-refractivity contribution in [2.24, 2.45) is 34.5 Å². The number of hydrogen-bond donors (Lipinski definition) is 2. The van der Waals surface area contributed by atoms with E-state index in [4.69, 9.17) is 5.41 Å². The maximum Gasteiger partial charge on any atom is 0.390 e. The molecule has 0 amide bonds. The first-order valence-electron chi connectivity index (χ1n) is 16.3. The Labute approximate surface area is 254 Å². The highest BCUT2D eigenvalue weighted by Gasteiger charge is 2.60. The number of nitrogens with zero attached hydrogens (tertiary/aromatic N) is 1. The summed E-state index contributed by atoms with van der Waals surface area (Å²) in [6, 6.07) is 0.390. The molecule has 0 spiro atoms. The third-order valence-electron chi connectivity index (χ3n) is 11.4. The second-order valence-electron chi connectivity index (χ2n) is 14.4. The van der Waals surface area contributed by atoms with Gasteiger partial charge in [-0.3, -0.25) is 0 Å². The summed E-state index contributed by atoms with van der Waals surface area (Å²) < 4.78 is 35.9. The van der Waals surface area contributed by atoms with Crippen LogP contribution in [0.2, 0.25) is 0 Å². The summed E-state index contributed by atoms with van der Waals surface area (Å²) in [6.45, 7) is 22.2. The highest BCUT2D eigenvalue weighted by atomic mass is 19.4. The minimum absolute atomic E-state index is 0.0805. The number of fused-ring (bicyclic) bond motifs is 5. The Morgan fingerprint density at radius 2 is 1.81 bits per heavy atom. The summed E-state index contributed by atoms with van der Waals surface area (Å²) >= 11 is 0. The zero-order valence-corrected chi connectivity index (χ0v) is 27.1. The number of hydrogen-bond acceptors (Lipinski definition) is 3. The van der Waals surface area contributed by atoms with E-state index >= 15 is 0 Å². The normalized spacial score (nSPS) is 35.5. The lowest BCUT2D eigenvalue weighted by atomic mass is 9.43. The molecule has 42 heavy (non-hydrogen) atoms. The van der Waals surface area contributed by atoms with Gasteiger partial charge in [0, 0.05) is 24.8 Å². The van der Waals surface area contributed by atoms with Gasteiger partial charge in [0.15, 0.2) is 0 Å². The maximum absolute atomic E-state index is 12.0. The van der Waals surface area contributed by atoms with Crippen LogP contribution in [-0.4, -0.2) is 49.5 Å². The largest absolute Gasteiger partial charge is 0.390 e. The minimum Gasteiger partial charge on any atom is -0.310 e. The van der Waals surface area contributed by atoms with Crippen molar-refractivity contribution in [1.82, 2.24) is 10.2 Å². The van der Waals surface area contributed by atoms with Gasteiger partial charge in [0.25, 0.3) is 0 Å². The van der Waals surface area contributed by atoms with Gasteiger partial charge in [-0.25, -0.2) is 0 Å². The van der Waals surface area contributed by atoms with Crippen molar-refractivity contribution in [2.75, 3.05) is 26.7 Å². The molecule has 7 atom stereocenters. The standard InChI is InChI=1S/C22H33N.C11H19F3N2.C3H6/c1-14-9-11-21(3)16(13-14)10-12-22(4)19-7-5-17(15(2)23)18(19)6-8-20(21)22;1-9-7-10(15-8-9)3-5-16(2)6-4-11(12,13)14;1-3-2/h13,17-20,23H,1,5-12H2,2-4H3;10,15H,1,3-8H2,2H3;3H,1H2,2H3. The Kier molecular flexibility index (Phi) is 12.0. The molecule has 4 fully saturated rings. The molecule has 2 N–H and O–H groups in total. The smallest absolute Gasteiger partial charge is 0.310 e. The zero-order valence-electron chi connectivity index (χ0n) is 27.1. The molecule has 1 saturated heterocycles. The van der Waals surface area contributed by atoms with E-state index in [1.165, 1.54) is 62.5 Å². The van der Waals surface area contributed by atoms with E-state index in [1.54, 1.807) is 23.6 Å². The fraction of sp³-hybridized carbons (Fsp3) is 0.750. The van der Waals surface area contributed by atoms with E-state index in [9.17, 15) is 13.2 Å². The molecule has 1 heterocycles. The van der Waals surface area contributed by atoms with Crippen LogP contribution < -0.4 is 5.32 Å². The molecule has 0 bridgehead atoms. The maximum atomic E-state index is 12.0. The minimum atomic E-state index is -4.05. The molecule has 3 nitrogen and oxygen atoms in total. The number of nitrogens with one attached hydrogen (secondary N) is 2. The summed E-state index contributed by atoms with van der Waals surface area (Å²) in [7, 11) is 1.73. The first-order valence-corrected chi connectivity index (χ1v) is 16.3. The Bertz CT molecular complexity index is 1010. The third kappa shape index (κ3) is 8.28. The van der Waals surface area contributed by atoms with Crippen LogP contribution in [0.1, 0.15) is 98.3 Å². The molecular weight excluding hydrogens is 531 g/mol. The molecule has 3 saturated carbocycles. The van der Waals surface area contributed by atoms with Gasteiger partial charge in [0.05, 0.1) is 6.42 Å². The molecule has 1 aliphatic heterocycles. The van der Waals surface area contributed by atoms with E-state index in [1.807, 2.05) is 6.92 Å². The summed E-state index contributed by atoms with van der Waals surface area (Å²) in [5.41, 5.74) is 6.15. The average molecular weight is 590 g/mol. The molecule has 4 aliphatic carbocycles. The van der Waals surface area contributed by atoms with Crippen LogP contribution in [0.5, 0.6) is 0 Å². The van der Waals surface area contributed by atoms with Gasteiger partial charge in [-0.2, -0.15) is 13.2 Å². The molecular formula is C36H58F3N3. The van der Waals surface area contributed by atoms with Gasteiger partial charge in [-0.1, -0.05) is 55.9 Å². The van der Waals surface area contributed by atoms with Crippen molar-refractivity contribution in [3.8, 4) is 0 Å². The van der Waals surface area contributed by atoms with Crippen LogP contribution in [0.15, 0.2) is 48.6 Å². The van der Waals surface area contributed by atoms with E-state index < -0.39 is 12.6 Å². The van der Waals surface area contributed by atoms with Crippen molar-refractivity contribution < 1.29 is 13.2 Å². The van der Waals surface area contributed by atoms with E-state index in [2.05, 4.69) is 51.9 Å². The summed E-state index contributed by atoms with van der Waals surface area (Å²) in [5, 5.41) is 11.5. The monoisotopic (exact) mass is 589 g/mol. The fourth-order valence-corrected chi connectivity index (χ4v) is 9.19. The van der Waals surface area contributed by atoms with Crippen LogP contribution >= 0.6 is 0 Å². The van der Waals surface area contributed by atoms with Gasteiger partial charge in [-0.15, -0.1) is 6.58 Å². The van der Waals surface area contributed by atoms with Gasteiger partial charge in [0.1, 0.15) is 0 Å². The predicted octanol–water partition coefficient (Wildman–Crippen LogP) is 9.53. The number of rotatable bonds is 6. The molecule has 0 aromatic carbocycles. The zero-order chi connectivity index (χ0) is 31.3. The molecule has 0 radical (unpaired) electrons. The molecule has 5 aliphatic rings. The first kappa shape index (κ1) is 34.8. The van der Waals surface area contributed by atoms with E-state index in [-0.39, 0.29) is 6.54 Å². The molecule has 0 aromatic heterocycles. The highest BCUT2D eigenvalue weighted by Crippen LogP contribution is 2.68. The SMILES string of the molecule is C=C1C=C2CCC3(C)C4CCC(C(C)=N)C4CCC3C2(C)CC1.C=C1CNC(CCN(C)CCC(F)(F)F)C1.C=CC. The van der Waals surface area contributed by atoms with Crippen molar-refractivity contribution >= 4 is 5.71 Å². The van der Waals surface area contributed by atoms with Gasteiger partial charge in [0.2, 0.25) is 0 Å². The van der Waals surface area contributed by atoms with Crippen LogP contribution in [0.25, 0.3) is 0 Å². The molecule has 7 unspecified atom stereocenters. The molecule has 6 heteroatoms. The summed E-state index contributed by atoms with van der Waals surface area (Å²) in [6.07, 6.45) is 11.9. The number of alkyl halides is 3.